The van der Waals surface area contributed by atoms with Gasteiger partial charge in [0.15, 0.2) is 0 Å². The molecular weight excluding hydrogens is 90.1 g/mol. The average molecular weight is 92.1 g/mol. The first-order valence-electron chi connectivity index (χ1n) is 1.75. The fourth-order valence-corrected chi connectivity index (χ4v) is 0.292. The highest BCUT2D eigenvalue weighted by atomic mass is 15.2. The van der Waals surface area contributed by atoms with Crippen LogP contribution in [-0.4, -0.2) is 9.78 Å². The van der Waals surface area contributed by atoms with E-state index in [1.807, 2.05) is 0 Å². The van der Waals surface area contributed by atoms with Crippen LogP contribution in [0, 0.1) is 17.7 Å². The molecule has 0 amide bonds. The highest BCUT2D eigenvalue weighted by molar-refractivity contribution is 4.83. The summed E-state index contributed by atoms with van der Waals surface area (Å²) in [7, 11) is 0. The molecule has 0 saturated heterocycles. The first kappa shape index (κ1) is 3.88. The smallest absolute Gasteiger partial charge is 0.170 e. The number of aromatic nitrogens is 2. The molecule has 0 fully saturated rings. The molecule has 1 rings (SSSR count). The second kappa shape index (κ2) is 1.43. The van der Waals surface area contributed by atoms with Crippen LogP contribution in [0.2, 0.25) is 0 Å². The molecule has 0 bridgehead atoms. The lowest BCUT2D eigenvalue weighted by Crippen LogP contribution is -1.84. The molecule has 3 heteroatoms. The molecular formula is C4H2N3. The molecule has 0 aliphatic rings. The maximum absolute atomic E-state index is 8.05. The van der Waals surface area contributed by atoms with E-state index in [2.05, 4.69) is 11.3 Å². The number of hydrogen-bond acceptors (Lipinski definition) is 2. The minimum Gasteiger partial charge on any atom is -0.170 e. The molecule has 33 valence electrons. The molecule has 0 aliphatic carbocycles. The quantitative estimate of drug-likeness (QED) is 0.452. The highest BCUT2D eigenvalue weighted by Gasteiger charge is 1.78. The van der Waals surface area contributed by atoms with Crippen LogP contribution in [0.3, 0.4) is 0 Å². The minimum atomic E-state index is 1.06. The fourth-order valence-electron chi connectivity index (χ4n) is 0.292. The summed E-state index contributed by atoms with van der Waals surface area (Å²) in [6.07, 6.45) is 5.79. The Hall–Kier alpha value is -1.30. The van der Waals surface area contributed by atoms with Crippen LogP contribution in [0.5, 0.6) is 0 Å². The molecule has 0 N–H and O–H groups in total. The van der Waals surface area contributed by atoms with E-state index in [9.17, 15) is 0 Å². The van der Waals surface area contributed by atoms with Crippen molar-refractivity contribution in [2.45, 2.75) is 0 Å². The van der Waals surface area contributed by atoms with E-state index in [4.69, 9.17) is 5.26 Å². The minimum absolute atomic E-state index is 1.06. The van der Waals surface area contributed by atoms with Crippen LogP contribution >= 0.6 is 0 Å². The normalized spacial score (nSPS) is 7.86. The maximum atomic E-state index is 8.05. The van der Waals surface area contributed by atoms with Crippen LogP contribution in [0.4, 0.5) is 0 Å². The summed E-state index contributed by atoms with van der Waals surface area (Å²) in [6, 6.07) is 1.57. The first-order chi connectivity index (χ1) is 3.43. The second-order valence-electron chi connectivity index (χ2n) is 0.972. The zero-order valence-corrected chi connectivity index (χ0v) is 3.50. The average Bonchev–Trinajstić information content (AvgIpc) is 2.14. The predicted octanol–water partition coefficient (Wildman–Crippen LogP) is 0.0125. The van der Waals surface area contributed by atoms with E-state index in [-0.39, 0.29) is 0 Å². The lowest BCUT2D eigenvalue weighted by atomic mass is 10.8. The van der Waals surface area contributed by atoms with Gasteiger partial charge >= 0.3 is 0 Å². The molecule has 0 atom stereocenters. The van der Waals surface area contributed by atoms with Crippen molar-refractivity contribution in [3.05, 3.63) is 18.5 Å². The van der Waals surface area contributed by atoms with Crippen molar-refractivity contribution in [1.82, 2.24) is 9.78 Å². The third kappa shape index (κ3) is 0.578. The Labute approximate surface area is 40.8 Å². The highest BCUT2D eigenvalue weighted by Crippen LogP contribution is 1.74. The molecule has 3 nitrogen and oxygen atoms in total. The molecule has 0 saturated carbocycles. The van der Waals surface area contributed by atoms with Crippen molar-refractivity contribution in [3.63, 3.8) is 0 Å². The van der Waals surface area contributed by atoms with Gasteiger partial charge in [-0.15, -0.1) is 0 Å². The molecule has 0 unspecified atom stereocenters. The number of hydrogen-bond donors (Lipinski definition) is 0. The van der Waals surface area contributed by atoms with Crippen molar-refractivity contribution in [2.24, 2.45) is 0 Å². The first-order valence-corrected chi connectivity index (χ1v) is 1.75. The molecule has 1 aromatic heterocycles. The largest absolute Gasteiger partial charge is 0.207 e. The van der Waals surface area contributed by atoms with Crippen molar-refractivity contribution in [2.75, 3.05) is 0 Å². The molecule has 0 aliphatic heterocycles. The van der Waals surface area contributed by atoms with Crippen LogP contribution in [0.25, 0.3) is 0 Å². The van der Waals surface area contributed by atoms with E-state index in [1.54, 1.807) is 12.3 Å². The SMILES string of the molecule is N#Cn1[c]ccn1. The number of rotatable bonds is 0. The van der Waals surface area contributed by atoms with E-state index < -0.39 is 0 Å². The summed E-state index contributed by atoms with van der Waals surface area (Å²) in [5, 5.41) is 11.6. The number of nitrogens with zero attached hydrogens (tertiary/aromatic N) is 3. The summed E-state index contributed by atoms with van der Waals surface area (Å²) >= 11 is 0. The van der Waals surface area contributed by atoms with Gasteiger partial charge in [-0.05, 0) is 6.07 Å². The summed E-state index contributed by atoms with van der Waals surface area (Å²) in [5.74, 6) is 0. The second-order valence-corrected chi connectivity index (χ2v) is 0.972. The fraction of sp³-hybridized carbons (Fsp3) is 0. The van der Waals surface area contributed by atoms with Crippen LogP contribution < -0.4 is 0 Å². The Kier molecular flexibility index (Phi) is 0.794. The molecule has 1 radical (unpaired) electrons. The van der Waals surface area contributed by atoms with Gasteiger partial charge < -0.3 is 0 Å². The van der Waals surface area contributed by atoms with Gasteiger partial charge in [0.2, 0.25) is 6.19 Å². The van der Waals surface area contributed by atoms with Crippen LogP contribution in [0.15, 0.2) is 12.3 Å². The summed E-state index contributed by atoms with van der Waals surface area (Å²) < 4.78 is 1.06. The van der Waals surface area contributed by atoms with Gasteiger partial charge in [-0.3, -0.25) is 0 Å². The van der Waals surface area contributed by atoms with Gasteiger partial charge in [0.25, 0.3) is 0 Å². The Morgan fingerprint density at radius 2 is 2.71 bits per heavy atom. The maximum Gasteiger partial charge on any atom is 0.207 e. The van der Waals surface area contributed by atoms with Gasteiger partial charge in [-0.1, -0.05) is 0 Å². The Balaban J connectivity index is 3.04. The predicted molar refractivity (Wildman–Crippen MR) is 22.1 cm³/mol. The lowest BCUT2D eigenvalue weighted by Gasteiger charge is -1.71. The molecule has 7 heavy (non-hydrogen) atoms. The van der Waals surface area contributed by atoms with Crippen LogP contribution in [0.1, 0.15) is 0 Å². The zero-order chi connectivity index (χ0) is 5.11. The summed E-state index contributed by atoms with van der Waals surface area (Å²) in [6.45, 7) is 0. The van der Waals surface area contributed by atoms with E-state index in [1.165, 1.54) is 6.20 Å². The molecule has 1 aromatic rings. The lowest BCUT2D eigenvalue weighted by molar-refractivity contribution is 0.891. The van der Waals surface area contributed by atoms with Crippen molar-refractivity contribution in [3.8, 4) is 6.19 Å². The van der Waals surface area contributed by atoms with E-state index in [0.717, 1.165) is 4.68 Å². The standard InChI is InChI=1S/C4H2N3/c5-4-7-3-1-2-6-7/h1-2H. The van der Waals surface area contributed by atoms with Gasteiger partial charge in [-0.2, -0.15) is 15.0 Å². The summed E-state index contributed by atoms with van der Waals surface area (Å²) in [4.78, 5) is 0. The Bertz CT molecular complexity index is 169. The van der Waals surface area contributed by atoms with E-state index >= 15 is 0 Å². The Morgan fingerprint density at radius 3 is 3.00 bits per heavy atom. The van der Waals surface area contributed by atoms with Crippen molar-refractivity contribution >= 4 is 0 Å². The molecule has 0 aromatic carbocycles. The van der Waals surface area contributed by atoms with Crippen molar-refractivity contribution < 1.29 is 0 Å². The third-order valence-corrected chi connectivity index (χ3v) is 0.548. The molecule has 1 heterocycles. The van der Waals surface area contributed by atoms with Gasteiger partial charge in [0.05, 0.1) is 6.20 Å². The zero-order valence-electron chi connectivity index (χ0n) is 3.50. The van der Waals surface area contributed by atoms with Gasteiger partial charge in [0, 0.05) is 0 Å². The topological polar surface area (TPSA) is 41.6 Å². The third-order valence-electron chi connectivity index (χ3n) is 0.548. The number of nitriles is 1. The summed E-state index contributed by atoms with van der Waals surface area (Å²) in [5.41, 5.74) is 0. The van der Waals surface area contributed by atoms with E-state index in [0.29, 0.717) is 0 Å². The van der Waals surface area contributed by atoms with Gasteiger partial charge in [-0.25, -0.2) is 0 Å². The van der Waals surface area contributed by atoms with Crippen LogP contribution in [-0.2, 0) is 0 Å². The van der Waals surface area contributed by atoms with Gasteiger partial charge in [0.1, 0.15) is 6.20 Å². The molecule has 0 spiro atoms. The van der Waals surface area contributed by atoms with Crippen molar-refractivity contribution in [1.29, 1.82) is 5.26 Å². The Morgan fingerprint density at radius 1 is 1.86 bits per heavy atom. The monoisotopic (exact) mass is 92.0 g/mol.